The number of carboxylic acids is 1. The van der Waals surface area contributed by atoms with Gasteiger partial charge in [-0.25, -0.2) is 13.2 Å². The van der Waals surface area contributed by atoms with E-state index in [-0.39, 0.29) is 11.6 Å². The van der Waals surface area contributed by atoms with E-state index >= 15 is 0 Å². The summed E-state index contributed by atoms with van der Waals surface area (Å²) in [5, 5.41) is 28.3. The van der Waals surface area contributed by atoms with Gasteiger partial charge in [-0.3, -0.25) is 4.72 Å². The first-order chi connectivity index (χ1) is 21.9. The van der Waals surface area contributed by atoms with Crippen molar-refractivity contribution >= 4 is 38.9 Å². The van der Waals surface area contributed by atoms with E-state index in [2.05, 4.69) is 20.7 Å². The molecule has 9 nitrogen and oxygen atoms in total. The van der Waals surface area contributed by atoms with Crippen molar-refractivity contribution in [3.8, 4) is 5.75 Å². The number of benzene rings is 2. The molecular formula is C36H45N3O6S. The number of aromatic nitrogens is 1. The molecule has 2 heterocycles. The summed E-state index contributed by atoms with van der Waals surface area (Å²) in [5.74, 6) is -0.452. The molecule has 0 bridgehead atoms. The van der Waals surface area contributed by atoms with E-state index in [0.717, 1.165) is 57.9 Å². The first-order valence-corrected chi connectivity index (χ1v) is 17.6. The number of carboxylic acid groups (broad SMARTS) is 1. The summed E-state index contributed by atoms with van der Waals surface area (Å²) in [7, 11) is -2.14. The third-order valence-electron chi connectivity index (χ3n) is 8.96. The first-order valence-electron chi connectivity index (χ1n) is 16.0. The van der Waals surface area contributed by atoms with E-state index in [0.29, 0.717) is 29.1 Å². The molecule has 2 aromatic carbocycles. The lowest BCUT2D eigenvalue weighted by Gasteiger charge is -2.22. The Hall–Kier alpha value is -4.18. The van der Waals surface area contributed by atoms with E-state index in [1.165, 1.54) is 12.0 Å². The molecule has 1 aromatic heterocycles. The van der Waals surface area contributed by atoms with Crippen molar-refractivity contribution in [2.75, 3.05) is 7.11 Å². The number of aliphatic hydroxyl groups excluding tert-OH is 1. The molecule has 10 heteroatoms. The number of aliphatic carboxylic acids is 1. The Labute approximate surface area is 270 Å². The van der Waals surface area contributed by atoms with Crippen LogP contribution in [-0.2, 0) is 21.4 Å². The molecule has 0 spiro atoms. The molecule has 0 atom stereocenters. The van der Waals surface area contributed by atoms with Gasteiger partial charge < -0.3 is 24.8 Å². The average molecular weight is 648 g/mol. The minimum atomic E-state index is -3.77. The summed E-state index contributed by atoms with van der Waals surface area (Å²) in [6, 6.07) is 11.5. The largest absolute Gasteiger partial charge is 0.497 e. The second kappa shape index (κ2) is 13.3. The number of nitrogens with zero attached hydrogens (tertiary/aromatic N) is 1. The monoisotopic (exact) mass is 647 g/mol. The van der Waals surface area contributed by atoms with Gasteiger partial charge in [-0.2, -0.15) is 0 Å². The molecular weight excluding hydrogens is 602 g/mol. The van der Waals surface area contributed by atoms with Gasteiger partial charge in [0.1, 0.15) is 5.75 Å². The van der Waals surface area contributed by atoms with E-state index in [9.17, 15) is 23.4 Å². The van der Waals surface area contributed by atoms with Gasteiger partial charge >= 0.3 is 5.97 Å². The lowest BCUT2D eigenvalue weighted by atomic mass is 9.83. The lowest BCUT2D eigenvalue weighted by molar-refractivity contribution is -0.132. The van der Waals surface area contributed by atoms with E-state index in [1.807, 2.05) is 44.2 Å². The summed E-state index contributed by atoms with van der Waals surface area (Å²) < 4.78 is 35.4. The minimum absolute atomic E-state index is 0.0379. The number of carbonyl (C=O) groups is 1. The summed E-state index contributed by atoms with van der Waals surface area (Å²) in [6.07, 6.45) is 9.24. The first kappa shape index (κ1) is 33.2. The van der Waals surface area contributed by atoms with Crippen LogP contribution in [-0.4, -0.2) is 47.6 Å². The number of fused-ring (bicyclic) bond motifs is 4. The van der Waals surface area contributed by atoms with Crippen molar-refractivity contribution in [2.24, 2.45) is 0 Å². The quantitative estimate of drug-likeness (QED) is 0.240. The van der Waals surface area contributed by atoms with Crippen LogP contribution in [0.1, 0.15) is 78.2 Å². The molecule has 3 aromatic rings. The highest BCUT2D eigenvalue weighted by Gasteiger charge is 2.26. The molecule has 1 aliphatic carbocycles. The highest BCUT2D eigenvalue weighted by atomic mass is 32.2. The van der Waals surface area contributed by atoms with Gasteiger partial charge in [-0.05, 0) is 106 Å². The maximum Gasteiger partial charge on any atom is 0.337 e. The fourth-order valence-electron chi connectivity index (χ4n) is 6.66. The van der Waals surface area contributed by atoms with Crippen LogP contribution in [0.5, 0.6) is 5.75 Å². The Balaban J connectivity index is 1.97. The number of hydrogen-bond acceptors (Lipinski definition) is 6. The standard InChI is InChI=1S/C36H45N3O6S/c1-7-28(36(41)42)33(37-21(2)3)26-17-25-18-27(45-6)14-16-29(25)34-32(23-11-9-8-10-12-23)30-15-13-24(19-31(30)39(34)20-26)35(40)38-46(43,44)22(4)5/h7,13-19,21-23,37-38,40H,8-12,20H2,1-6H3,(H,41,42). The van der Waals surface area contributed by atoms with Crippen LogP contribution in [0.3, 0.4) is 0 Å². The highest BCUT2D eigenvalue weighted by Crippen LogP contribution is 2.39. The van der Waals surface area contributed by atoms with Gasteiger partial charge in [-0.1, -0.05) is 31.4 Å². The number of ether oxygens (including phenoxy) is 1. The average Bonchev–Trinajstić information content (AvgIpc) is 3.22. The van der Waals surface area contributed by atoms with Gasteiger partial charge in [0.15, 0.2) is 0 Å². The molecule has 1 fully saturated rings. The Morgan fingerprint density at radius 1 is 1.04 bits per heavy atom. The zero-order valence-corrected chi connectivity index (χ0v) is 28.3. The molecule has 0 amide bonds. The Morgan fingerprint density at radius 2 is 1.76 bits per heavy atom. The van der Waals surface area contributed by atoms with E-state index < -0.39 is 27.1 Å². The summed E-state index contributed by atoms with van der Waals surface area (Å²) >= 11 is 0. The van der Waals surface area contributed by atoms with Crippen LogP contribution in [0, 0.1) is 10.6 Å². The topological polar surface area (TPSA) is 130 Å². The predicted molar refractivity (Wildman–Crippen MR) is 182 cm³/mol. The third-order valence-corrected chi connectivity index (χ3v) is 10.7. The van der Waals surface area contributed by atoms with Crippen molar-refractivity contribution < 1.29 is 28.2 Å². The molecule has 5 rings (SSSR count). The second-order valence-electron chi connectivity index (χ2n) is 12.8. The van der Waals surface area contributed by atoms with Crippen LogP contribution in [0.25, 0.3) is 22.9 Å². The molecule has 0 saturated heterocycles. The van der Waals surface area contributed by atoms with Crippen LogP contribution in [0.2, 0.25) is 0 Å². The Bertz CT molecular complexity index is 2070. The summed E-state index contributed by atoms with van der Waals surface area (Å²) in [6.45, 7) is 9.13. The third kappa shape index (κ3) is 6.40. The van der Waals surface area contributed by atoms with Gasteiger partial charge in [-0.15, -0.1) is 0 Å². The van der Waals surface area contributed by atoms with Crippen molar-refractivity contribution in [1.29, 1.82) is 0 Å². The SMILES string of the molecule is CC=C(C(=O)O)C(NC(C)C)=C1C=c2cc(OC)ccc2=c2c(C3CCCCC3)c3ccc(=C(O)NS(=O)(=O)C(C)C)cc3n2C1. The number of sulfonamides is 1. The Kier molecular flexibility index (Phi) is 9.58. The number of rotatable bonds is 9. The molecule has 1 aliphatic heterocycles. The van der Waals surface area contributed by atoms with Crippen LogP contribution < -0.4 is 25.2 Å². The molecule has 0 unspecified atom stereocenters. The summed E-state index contributed by atoms with van der Waals surface area (Å²) in [4.78, 5) is 12.5. The molecule has 46 heavy (non-hydrogen) atoms. The Morgan fingerprint density at radius 3 is 2.37 bits per heavy atom. The van der Waals surface area contributed by atoms with Crippen LogP contribution >= 0.6 is 0 Å². The minimum Gasteiger partial charge on any atom is -0.497 e. The number of nitrogens with one attached hydrogen (secondary N) is 2. The molecule has 1 saturated carbocycles. The van der Waals surface area contributed by atoms with Gasteiger partial charge in [0.05, 0.1) is 35.5 Å². The highest BCUT2D eigenvalue weighted by molar-refractivity contribution is 7.90. The normalized spacial score (nSPS) is 17.6. The molecule has 0 radical (unpaired) electrons. The lowest BCUT2D eigenvalue weighted by Crippen LogP contribution is -2.32. The fourth-order valence-corrected chi connectivity index (χ4v) is 7.28. The zero-order valence-electron chi connectivity index (χ0n) is 27.5. The smallest absolute Gasteiger partial charge is 0.337 e. The maximum atomic E-state index is 12.6. The van der Waals surface area contributed by atoms with Crippen molar-refractivity contribution in [3.05, 3.63) is 85.9 Å². The predicted octanol–water partition coefficient (Wildman–Crippen LogP) is 5.01. The van der Waals surface area contributed by atoms with E-state index in [4.69, 9.17) is 4.74 Å². The maximum absolute atomic E-state index is 12.6. The number of aliphatic hydroxyl groups is 1. The van der Waals surface area contributed by atoms with Crippen molar-refractivity contribution in [3.63, 3.8) is 0 Å². The van der Waals surface area contributed by atoms with Crippen LogP contribution in [0.4, 0.5) is 0 Å². The number of hydrogen-bond donors (Lipinski definition) is 4. The van der Waals surface area contributed by atoms with Gasteiger partial charge in [0.25, 0.3) is 0 Å². The van der Waals surface area contributed by atoms with Crippen LogP contribution in [0.15, 0.2) is 59.3 Å². The van der Waals surface area contributed by atoms with Gasteiger partial charge in [0, 0.05) is 27.4 Å². The second-order valence-corrected chi connectivity index (χ2v) is 15.0. The molecule has 246 valence electrons. The molecule has 2 aliphatic rings. The van der Waals surface area contributed by atoms with Crippen molar-refractivity contribution in [2.45, 2.75) is 90.5 Å². The summed E-state index contributed by atoms with van der Waals surface area (Å²) in [5.41, 5.74) is 3.55. The van der Waals surface area contributed by atoms with E-state index in [1.54, 1.807) is 40.0 Å². The van der Waals surface area contributed by atoms with Crippen molar-refractivity contribution in [1.82, 2.24) is 14.6 Å². The molecule has 4 N–H and O–H groups in total. The zero-order chi connectivity index (χ0) is 33.3. The number of allylic oxidation sites excluding steroid dienone is 2. The number of methoxy groups -OCH3 is 1. The fraction of sp³-hybridized carbons (Fsp3) is 0.417. The van der Waals surface area contributed by atoms with Gasteiger partial charge in [0.2, 0.25) is 15.9 Å².